The summed E-state index contributed by atoms with van der Waals surface area (Å²) in [5.74, 6) is -5.70. The second-order valence-corrected chi connectivity index (χ2v) is 17.1. The zero-order valence-electron chi connectivity index (χ0n) is 37.5. The van der Waals surface area contributed by atoms with Crippen molar-refractivity contribution in [2.24, 2.45) is 11.5 Å². The van der Waals surface area contributed by atoms with Gasteiger partial charge in [0.2, 0.25) is 17.7 Å². The Labute approximate surface area is 380 Å². The zero-order chi connectivity index (χ0) is 48.2. The summed E-state index contributed by atoms with van der Waals surface area (Å²) in [6.07, 6.45) is 2.02. The predicted molar refractivity (Wildman–Crippen MR) is 242 cm³/mol. The topological polar surface area (TPSA) is 328 Å². The Bertz CT molecular complexity index is 2540. The van der Waals surface area contributed by atoms with Crippen LogP contribution in [0.5, 0.6) is 28.7 Å². The van der Waals surface area contributed by atoms with Crippen molar-refractivity contribution in [3.8, 4) is 51.3 Å². The molecule has 20 nitrogen and oxygen atoms in total. The lowest BCUT2D eigenvalue weighted by molar-refractivity contribution is -0.142. The molecule has 0 saturated carbocycles. The lowest BCUT2D eigenvalue weighted by Gasteiger charge is -2.30. The first-order valence-corrected chi connectivity index (χ1v) is 21.5. The molecule has 2 aliphatic rings. The summed E-state index contributed by atoms with van der Waals surface area (Å²) >= 11 is 0. The summed E-state index contributed by atoms with van der Waals surface area (Å²) in [6.45, 7) is 6.99. The number of nitrogen functional groups attached to an aromatic ring is 1. The number of amides is 4. The maximum absolute atomic E-state index is 14.4. The number of nitrogens with two attached hydrogens (primary N) is 3. The molecular weight excluding hydrogens is 855 g/mol. The summed E-state index contributed by atoms with van der Waals surface area (Å²) in [7, 11) is 1.30. The standard InChI is InChI=1S/C46H57N9O11/c1-22-35(40(49)54-41(51-22)36-31(56)20-29-26(39(36)59)10-11-46(29,3)4)43(61)50-21-34(57)55(5)37-25-18-28(38(58)33(19-25)66-15-7-13-48)27-16-24(8-9-32(27)65-14-6-12-47)17-30(45(63)64)53-42(60)23(2)52-44(37)62/h8-9,16,18-20,23,30,37,56,58-59H,6-7,10-15,17,21,47-48H2,1-5H3,(H,50,61)(H,52,62)(H,53,60)(H,63,64)(H2,49,51,54)/t23-,30-,37-/m0/s1. The number of hydrogen-bond acceptors (Lipinski definition) is 15. The monoisotopic (exact) mass is 911 g/mol. The number of phenols is 3. The Morgan fingerprint density at radius 3 is 2.26 bits per heavy atom. The molecule has 0 radical (unpaired) electrons. The van der Waals surface area contributed by atoms with Gasteiger partial charge in [-0.3, -0.25) is 19.2 Å². The maximum Gasteiger partial charge on any atom is 0.326 e. The molecule has 1 aliphatic heterocycles. The van der Waals surface area contributed by atoms with E-state index in [0.29, 0.717) is 36.9 Å². The van der Waals surface area contributed by atoms with Gasteiger partial charge in [-0.25, -0.2) is 14.8 Å². The highest BCUT2D eigenvalue weighted by molar-refractivity contribution is 6.02. The molecule has 4 amide bonds. The molecule has 3 atom stereocenters. The van der Waals surface area contributed by atoms with E-state index in [9.17, 15) is 44.4 Å². The molecule has 13 N–H and O–H groups in total. The number of likely N-dealkylation sites (N-methyl/N-ethyl adjacent to an activating group) is 1. The molecule has 1 aliphatic carbocycles. The number of anilines is 1. The second kappa shape index (κ2) is 19.9. The number of phenolic OH excluding ortho intramolecular Hbond substituents is 3. The van der Waals surface area contributed by atoms with Crippen molar-refractivity contribution in [1.82, 2.24) is 30.8 Å². The van der Waals surface area contributed by atoms with Gasteiger partial charge in [0, 0.05) is 24.6 Å². The van der Waals surface area contributed by atoms with E-state index in [0.717, 1.165) is 16.9 Å². The van der Waals surface area contributed by atoms with Crippen LogP contribution < -0.4 is 42.6 Å². The Balaban J connectivity index is 1.36. The van der Waals surface area contributed by atoms with Gasteiger partial charge in [-0.1, -0.05) is 19.9 Å². The molecule has 1 aromatic heterocycles. The molecule has 6 rings (SSSR count). The van der Waals surface area contributed by atoms with Gasteiger partial charge < -0.3 is 68.0 Å². The second-order valence-electron chi connectivity index (χ2n) is 17.1. The van der Waals surface area contributed by atoms with Crippen LogP contribution >= 0.6 is 0 Å². The SMILES string of the molecule is Cc1nc(-c2c(O)cc3c(c2O)CCC3(C)C)nc(N)c1C(=O)NCC(=O)N(C)[C@@H]1C(=O)N[C@@H](C)C(=O)N[C@H](C(=O)O)Cc2ccc(OCCCN)c(c2)-c2cc1cc(OCCCN)c2O. The van der Waals surface area contributed by atoms with Crippen molar-refractivity contribution in [3.05, 3.63) is 69.9 Å². The Hall–Kier alpha value is -7.19. The fraction of sp³-hybridized carbons (Fsp3) is 0.413. The van der Waals surface area contributed by atoms with Gasteiger partial charge >= 0.3 is 5.97 Å². The summed E-state index contributed by atoms with van der Waals surface area (Å²) in [4.78, 5) is 77.8. The number of aromatic hydroxyl groups is 3. The number of aliphatic carboxylic acids is 1. The van der Waals surface area contributed by atoms with Crippen LogP contribution in [0.25, 0.3) is 22.5 Å². The number of carboxylic acid groups (broad SMARTS) is 1. The summed E-state index contributed by atoms with van der Waals surface area (Å²) < 4.78 is 12.0. The Morgan fingerprint density at radius 2 is 1.61 bits per heavy atom. The normalized spacial score (nSPS) is 17.7. The summed E-state index contributed by atoms with van der Waals surface area (Å²) in [5, 5.41) is 51.7. The van der Waals surface area contributed by atoms with Crippen LogP contribution in [0.3, 0.4) is 0 Å². The van der Waals surface area contributed by atoms with Crippen molar-refractivity contribution < 1.29 is 53.9 Å². The van der Waals surface area contributed by atoms with Crippen molar-refractivity contribution in [1.29, 1.82) is 0 Å². The van der Waals surface area contributed by atoms with Crippen LogP contribution in [0.15, 0.2) is 36.4 Å². The van der Waals surface area contributed by atoms with E-state index in [1.54, 1.807) is 24.3 Å². The average molecular weight is 912 g/mol. The van der Waals surface area contributed by atoms with Crippen LogP contribution in [0, 0.1) is 6.92 Å². The number of ether oxygens (including phenoxy) is 2. The van der Waals surface area contributed by atoms with Crippen LogP contribution in [-0.4, -0.2) is 117 Å². The lowest BCUT2D eigenvalue weighted by Crippen LogP contribution is -2.53. The molecule has 352 valence electrons. The first-order valence-electron chi connectivity index (χ1n) is 21.5. The molecular formula is C46H57N9O11. The lowest BCUT2D eigenvalue weighted by atomic mass is 9.86. The fourth-order valence-corrected chi connectivity index (χ4v) is 8.16. The minimum atomic E-state index is -1.56. The van der Waals surface area contributed by atoms with E-state index in [4.69, 9.17) is 26.7 Å². The first-order chi connectivity index (χ1) is 31.3. The minimum absolute atomic E-state index is 0.0339. The zero-order valence-corrected chi connectivity index (χ0v) is 37.5. The van der Waals surface area contributed by atoms with Gasteiger partial charge in [0.1, 0.15) is 52.3 Å². The molecule has 4 bridgehead atoms. The number of benzene rings is 3. The quantitative estimate of drug-likeness (QED) is 0.0810. The third kappa shape index (κ3) is 10.0. The maximum atomic E-state index is 14.4. The van der Waals surface area contributed by atoms with E-state index in [-0.39, 0.29) is 105 Å². The van der Waals surface area contributed by atoms with Crippen LogP contribution in [0.1, 0.15) is 84.4 Å². The highest BCUT2D eigenvalue weighted by Gasteiger charge is 2.37. The molecule has 0 unspecified atom stereocenters. The number of carbonyl (C=O) groups is 5. The van der Waals surface area contributed by atoms with E-state index in [2.05, 4.69) is 25.9 Å². The Kier molecular flexibility index (Phi) is 14.6. The third-order valence-electron chi connectivity index (χ3n) is 11.9. The molecule has 4 aromatic rings. The van der Waals surface area contributed by atoms with Crippen molar-refractivity contribution in [3.63, 3.8) is 0 Å². The molecule has 20 heteroatoms. The number of aromatic nitrogens is 2. The third-order valence-corrected chi connectivity index (χ3v) is 11.9. The number of hydrogen-bond donors (Lipinski definition) is 10. The summed E-state index contributed by atoms with van der Waals surface area (Å²) in [6, 6.07) is 4.93. The largest absolute Gasteiger partial charge is 0.507 e. The van der Waals surface area contributed by atoms with Crippen LogP contribution in [0.4, 0.5) is 5.82 Å². The van der Waals surface area contributed by atoms with Crippen molar-refractivity contribution in [2.45, 2.75) is 83.3 Å². The first kappa shape index (κ1) is 48.3. The number of nitrogens with zero attached hydrogens (tertiary/aromatic N) is 3. The van der Waals surface area contributed by atoms with Crippen molar-refractivity contribution in [2.75, 3.05) is 45.6 Å². The number of carbonyl (C=O) groups excluding carboxylic acids is 4. The fourth-order valence-electron chi connectivity index (χ4n) is 8.16. The van der Waals surface area contributed by atoms with Crippen LogP contribution in [-0.2, 0) is 37.4 Å². The molecule has 3 aromatic carbocycles. The highest BCUT2D eigenvalue weighted by atomic mass is 16.5. The van der Waals surface area contributed by atoms with Gasteiger partial charge in [0.25, 0.3) is 5.91 Å². The number of nitrogens with one attached hydrogen (secondary N) is 3. The molecule has 66 heavy (non-hydrogen) atoms. The van der Waals surface area contributed by atoms with Gasteiger partial charge in [0.05, 0.1) is 25.5 Å². The average Bonchev–Trinajstić information content (AvgIpc) is 3.56. The van der Waals surface area contributed by atoms with Crippen molar-refractivity contribution >= 4 is 35.4 Å². The number of aryl methyl sites for hydroxylation is 1. The van der Waals surface area contributed by atoms with E-state index in [1.165, 1.54) is 33.0 Å². The number of carboxylic acids is 1. The highest BCUT2D eigenvalue weighted by Crippen LogP contribution is 2.49. The van der Waals surface area contributed by atoms with Gasteiger partial charge in [-0.2, -0.15) is 0 Å². The molecule has 0 saturated heterocycles. The predicted octanol–water partition coefficient (Wildman–Crippen LogP) is 2.06. The minimum Gasteiger partial charge on any atom is -0.507 e. The molecule has 0 spiro atoms. The van der Waals surface area contributed by atoms with E-state index >= 15 is 0 Å². The summed E-state index contributed by atoms with van der Waals surface area (Å²) in [5.41, 5.74) is 19.8. The van der Waals surface area contributed by atoms with E-state index < -0.39 is 54.3 Å². The molecule has 2 heterocycles. The van der Waals surface area contributed by atoms with Gasteiger partial charge in [-0.05, 0) is 111 Å². The van der Waals surface area contributed by atoms with Gasteiger partial charge in [-0.15, -0.1) is 0 Å². The van der Waals surface area contributed by atoms with E-state index in [1.807, 2.05) is 13.8 Å². The smallest absolute Gasteiger partial charge is 0.326 e. The van der Waals surface area contributed by atoms with Gasteiger partial charge in [0.15, 0.2) is 17.3 Å². The molecule has 0 fully saturated rings. The van der Waals surface area contributed by atoms with Crippen LogP contribution in [0.2, 0.25) is 0 Å². The number of fused-ring (bicyclic) bond motifs is 6. The number of rotatable bonds is 14. The Morgan fingerprint density at radius 1 is 0.924 bits per heavy atom.